The summed E-state index contributed by atoms with van der Waals surface area (Å²) < 4.78 is 17.5. The third-order valence-corrected chi connectivity index (χ3v) is 5.70. The molecule has 7 heteroatoms. The molecule has 0 aliphatic carbocycles. The zero-order valence-corrected chi connectivity index (χ0v) is 18.5. The van der Waals surface area contributed by atoms with Crippen LogP contribution in [0.5, 0.6) is 11.5 Å². The Bertz CT molecular complexity index is 1060. The molecule has 0 amide bonds. The summed E-state index contributed by atoms with van der Waals surface area (Å²) >= 11 is 6.38. The van der Waals surface area contributed by atoms with Gasteiger partial charge in [-0.15, -0.1) is 0 Å². The summed E-state index contributed by atoms with van der Waals surface area (Å²) in [6.45, 7) is 6.16. The van der Waals surface area contributed by atoms with Crippen molar-refractivity contribution in [2.24, 2.45) is 0 Å². The van der Waals surface area contributed by atoms with E-state index in [1.54, 1.807) is 24.5 Å². The molecule has 0 aliphatic rings. The summed E-state index contributed by atoms with van der Waals surface area (Å²) in [4.78, 5) is 17.2. The molecular formula is C23H25ClN2O4. The fourth-order valence-corrected chi connectivity index (χ4v) is 3.71. The van der Waals surface area contributed by atoms with Crippen LogP contribution in [0.1, 0.15) is 40.9 Å². The highest BCUT2D eigenvalue weighted by atomic mass is 35.5. The van der Waals surface area contributed by atoms with Crippen molar-refractivity contribution in [2.45, 2.75) is 33.3 Å². The molecule has 0 saturated heterocycles. The van der Waals surface area contributed by atoms with E-state index < -0.39 is 6.09 Å². The molecule has 0 spiro atoms. The number of hydrogen-bond acceptors (Lipinski definition) is 5. The van der Waals surface area contributed by atoms with E-state index in [2.05, 4.69) is 31.0 Å². The van der Waals surface area contributed by atoms with E-state index >= 15 is 0 Å². The maximum atomic E-state index is 12.8. The third kappa shape index (κ3) is 4.14. The van der Waals surface area contributed by atoms with Crippen molar-refractivity contribution in [1.82, 2.24) is 9.55 Å². The van der Waals surface area contributed by atoms with Gasteiger partial charge in [-0.05, 0) is 36.6 Å². The lowest BCUT2D eigenvalue weighted by molar-refractivity contribution is 0.140. The number of ether oxygens (including phenoxy) is 3. The number of halogens is 1. The quantitative estimate of drug-likeness (QED) is 0.518. The summed E-state index contributed by atoms with van der Waals surface area (Å²) in [5.74, 6) is 1.46. The molecular weight excluding hydrogens is 404 g/mol. The van der Waals surface area contributed by atoms with Crippen LogP contribution in [0.4, 0.5) is 4.79 Å². The molecule has 0 N–H and O–H groups in total. The monoisotopic (exact) mass is 428 g/mol. The fourth-order valence-electron chi connectivity index (χ4n) is 3.42. The van der Waals surface area contributed by atoms with Gasteiger partial charge in [-0.25, -0.2) is 14.3 Å². The number of carbonyl (C=O) groups is 1. The maximum Gasteiger partial charge on any atom is 0.419 e. The first-order valence-electron chi connectivity index (χ1n) is 9.54. The summed E-state index contributed by atoms with van der Waals surface area (Å²) in [6.07, 6.45) is 2.68. The van der Waals surface area contributed by atoms with Crippen molar-refractivity contribution in [3.05, 3.63) is 75.8 Å². The average molecular weight is 429 g/mol. The lowest BCUT2D eigenvalue weighted by Gasteiger charge is -2.17. The highest BCUT2D eigenvalue weighted by molar-refractivity contribution is 6.33. The summed E-state index contributed by atoms with van der Waals surface area (Å²) in [7, 11) is 3.04. The van der Waals surface area contributed by atoms with Crippen molar-refractivity contribution >= 4 is 17.7 Å². The van der Waals surface area contributed by atoms with Gasteiger partial charge in [0.05, 0.1) is 19.2 Å². The minimum absolute atomic E-state index is 0.00645. The lowest BCUT2D eigenvalue weighted by Crippen LogP contribution is -2.18. The number of methoxy groups -OCH3 is 2. The summed E-state index contributed by atoms with van der Waals surface area (Å²) in [5.41, 5.74) is 4.12. The van der Waals surface area contributed by atoms with Crippen LogP contribution < -0.4 is 9.47 Å². The molecule has 1 heterocycles. The molecule has 158 valence electrons. The Labute approximate surface area is 181 Å². The van der Waals surface area contributed by atoms with E-state index in [9.17, 15) is 4.79 Å². The minimum atomic E-state index is -0.523. The van der Waals surface area contributed by atoms with Crippen LogP contribution in [0.15, 0.2) is 42.7 Å². The molecule has 0 saturated carbocycles. The number of benzene rings is 2. The molecule has 0 aliphatic heterocycles. The van der Waals surface area contributed by atoms with E-state index in [0.29, 0.717) is 27.9 Å². The molecule has 2 aromatic carbocycles. The highest BCUT2D eigenvalue weighted by Gasteiger charge is 2.21. The molecule has 30 heavy (non-hydrogen) atoms. The molecule has 0 unspecified atom stereocenters. The number of hydrogen-bond donors (Lipinski definition) is 0. The van der Waals surface area contributed by atoms with E-state index in [0.717, 1.165) is 5.56 Å². The molecule has 0 fully saturated rings. The van der Waals surface area contributed by atoms with Crippen molar-refractivity contribution in [3.8, 4) is 11.5 Å². The second kappa shape index (κ2) is 9.22. The Morgan fingerprint density at radius 3 is 2.63 bits per heavy atom. The summed E-state index contributed by atoms with van der Waals surface area (Å²) in [5, 5.41) is 0.347. The smallest absolute Gasteiger partial charge is 0.419 e. The van der Waals surface area contributed by atoms with Gasteiger partial charge in [0.25, 0.3) is 0 Å². The predicted octanol–water partition coefficient (Wildman–Crippen LogP) is 5.51. The molecule has 3 rings (SSSR count). The standard InChI is InChI=1S/C23H25ClN2O4/c1-14-7-6-8-18(15(14)2)16(3)22-25-11-12-26(22)23(27)30-13-17-9-10-19(28-4)21(29-5)20(17)24/h6-12,16H,13H2,1-5H3/t16-/m0/s1. The normalized spacial score (nSPS) is 11.8. The predicted molar refractivity (Wildman–Crippen MR) is 116 cm³/mol. The largest absolute Gasteiger partial charge is 0.493 e. The van der Waals surface area contributed by atoms with Gasteiger partial charge in [0, 0.05) is 23.9 Å². The van der Waals surface area contributed by atoms with Crippen LogP contribution in [0, 0.1) is 13.8 Å². The van der Waals surface area contributed by atoms with Gasteiger partial charge in [-0.3, -0.25) is 0 Å². The zero-order valence-electron chi connectivity index (χ0n) is 17.7. The molecule has 0 radical (unpaired) electrons. The van der Waals surface area contributed by atoms with Crippen LogP contribution in [-0.4, -0.2) is 29.9 Å². The van der Waals surface area contributed by atoms with Crippen molar-refractivity contribution in [1.29, 1.82) is 0 Å². The third-order valence-electron chi connectivity index (χ3n) is 5.28. The molecule has 6 nitrogen and oxygen atoms in total. The maximum absolute atomic E-state index is 12.8. The first kappa shape index (κ1) is 21.7. The molecule has 3 aromatic rings. The van der Waals surface area contributed by atoms with Crippen molar-refractivity contribution in [2.75, 3.05) is 14.2 Å². The van der Waals surface area contributed by atoms with E-state index in [4.69, 9.17) is 25.8 Å². The lowest BCUT2D eigenvalue weighted by atomic mass is 9.93. The first-order valence-corrected chi connectivity index (χ1v) is 9.92. The van der Waals surface area contributed by atoms with Crippen LogP contribution in [0.2, 0.25) is 5.02 Å². The van der Waals surface area contributed by atoms with E-state index in [1.807, 2.05) is 13.0 Å². The van der Waals surface area contributed by atoms with Crippen molar-refractivity contribution < 1.29 is 19.0 Å². The number of carbonyl (C=O) groups excluding carboxylic acids is 1. The van der Waals surface area contributed by atoms with Crippen molar-refractivity contribution in [3.63, 3.8) is 0 Å². The summed E-state index contributed by atoms with van der Waals surface area (Å²) in [6, 6.07) is 9.60. The number of aromatic nitrogens is 2. The minimum Gasteiger partial charge on any atom is -0.493 e. The van der Waals surface area contributed by atoms with Gasteiger partial charge < -0.3 is 14.2 Å². The molecule has 0 bridgehead atoms. The fraction of sp³-hybridized carbons (Fsp3) is 0.304. The van der Waals surface area contributed by atoms with E-state index in [-0.39, 0.29) is 12.5 Å². The molecule has 1 atom stereocenters. The SMILES string of the molecule is COc1ccc(COC(=O)n2ccnc2[C@@H](C)c2cccc(C)c2C)c(Cl)c1OC. The second-order valence-corrected chi connectivity index (χ2v) is 7.37. The zero-order chi connectivity index (χ0) is 21.8. The van der Waals surface area contributed by atoms with Gasteiger partial charge >= 0.3 is 6.09 Å². The van der Waals surface area contributed by atoms with Crippen LogP contribution in [0.25, 0.3) is 0 Å². The number of aryl methyl sites for hydroxylation is 1. The average Bonchev–Trinajstić information content (AvgIpc) is 3.24. The van der Waals surface area contributed by atoms with Crippen LogP contribution >= 0.6 is 11.6 Å². The van der Waals surface area contributed by atoms with Gasteiger partial charge in [0.15, 0.2) is 11.5 Å². The number of rotatable bonds is 6. The Kier molecular flexibility index (Phi) is 6.67. The van der Waals surface area contributed by atoms with Gasteiger partial charge in [0.2, 0.25) is 0 Å². The van der Waals surface area contributed by atoms with E-state index in [1.165, 1.54) is 29.9 Å². The Morgan fingerprint density at radius 1 is 1.17 bits per heavy atom. The topological polar surface area (TPSA) is 62.6 Å². The van der Waals surface area contributed by atoms with Gasteiger partial charge in [-0.2, -0.15) is 0 Å². The first-order chi connectivity index (χ1) is 14.4. The van der Waals surface area contributed by atoms with Crippen LogP contribution in [-0.2, 0) is 11.3 Å². The molecule has 1 aromatic heterocycles. The number of nitrogens with zero attached hydrogens (tertiary/aromatic N) is 2. The highest BCUT2D eigenvalue weighted by Crippen LogP contribution is 2.37. The second-order valence-electron chi connectivity index (χ2n) is 7.00. The Morgan fingerprint density at radius 2 is 1.93 bits per heavy atom. The number of imidazole rings is 1. The van der Waals surface area contributed by atoms with Crippen LogP contribution in [0.3, 0.4) is 0 Å². The van der Waals surface area contributed by atoms with Gasteiger partial charge in [-0.1, -0.05) is 42.8 Å². The van der Waals surface area contributed by atoms with Gasteiger partial charge in [0.1, 0.15) is 12.4 Å². The Balaban J connectivity index is 1.80. The Hall–Kier alpha value is -2.99.